The summed E-state index contributed by atoms with van der Waals surface area (Å²) in [7, 11) is 0. The van der Waals surface area contributed by atoms with Gasteiger partial charge >= 0.3 is 0 Å². The van der Waals surface area contributed by atoms with E-state index in [9.17, 15) is 0 Å². The second-order valence-electron chi connectivity index (χ2n) is 4.65. The molecule has 1 N–H and O–H groups in total. The molecule has 5 nitrogen and oxygen atoms in total. The van der Waals surface area contributed by atoms with Gasteiger partial charge < -0.3 is 9.88 Å². The highest BCUT2D eigenvalue weighted by molar-refractivity contribution is 9.10. The van der Waals surface area contributed by atoms with Crippen molar-refractivity contribution in [3.05, 3.63) is 40.9 Å². The maximum atomic E-state index is 4.13. The molecule has 6 heteroatoms. The van der Waals surface area contributed by atoms with Crippen LogP contribution in [-0.4, -0.2) is 39.3 Å². The molecule has 2 aromatic rings. The third-order valence-corrected chi connectivity index (χ3v) is 3.85. The van der Waals surface area contributed by atoms with Crippen LogP contribution in [0.2, 0.25) is 0 Å². The Bertz CT molecular complexity index is 536. The van der Waals surface area contributed by atoms with E-state index in [-0.39, 0.29) is 0 Å². The monoisotopic (exact) mass is 321 g/mol. The summed E-state index contributed by atoms with van der Waals surface area (Å²) in [6.07, 6.45) is 1.81. The zero-order valence-corrected chi connectivity index (χ0v) is 12.2. The normalized spacial score (nSPS) is 15.2. The Morgan fingerprint density at radius 1 is 1.21 bits per heavy atom. The van der Waals surface area contributed by atoms with E-state index in [4.69, 9.17) is 0 Å². The fourth-order valence-electron chi connectivity index (χ4n) is 2.23. The maximum Gasteiger partial charge on any atom is 0.147 e. The molecule has 3 rings (SSSR count). The van der Waals surface area contributed by atoms with Crippen molar-refractivity contribution in [1.82, 2.24) is 19.7 Å². The highest BCUT2D eigenvalue weighted by Gasteiger charge is 2.16. The highest BCUT2D eigenvalue weighted by Crippen LogP contribution is 2.14. The quantitative estimate of drug-likeness (QED) is 0.935. The van der Waals surface area contributed by atoms with E-state index >= 15 is 0 Å². The first-order chi connectivity index (χ1) is 9.31. The lowest BCUT2D eigenvalue weighted by molar-refractivity contribution is 0.225. The standard InChI is InChI=1S/C13H16BrN5/c14-11-1-3-12(4-2-11)15-5-6-18-7-8-19-10-16-17-13(19)9-18/h1-4,10,15H,5-9H2. The van der Waals surface area contributed by atoms with Crippen LogP contribution >= 0.6 is 15.9 Å². The van der Waals surface area contributed by atoms with E-state index < -0.39 is 0 Å². The largest absolute Gasteiger partial charge is 0.384 e. The van der Waals surface area contributed by atoms with Crippen LogP contribution in [0.25, 0.3) is 0 Å². The van der Waals surface area contributed by atoms with E-state index in [2.05, 4.69) is 53.0 Å². The first-order valence-corrected chi connectivity index (χ1v) is 7.19. The molecule has 0 aliphatic carbocycles. The molecule has 100 valence electrons. The Hall–Kier alpha value is -1.40. The van der Waals surface area contributed by atoms with Crippen LogP contribution in [0.15, 0.2) is 35.1 Å². The Morgan fingerprint density at radius 2 is 2.05 bits per heavy atom. The number of nitrogens with zero attached hydrogens (tertiary/aromatic N) is 4. The summed E-state index contributed by atoms with van der Waals surface area (Å²) < 4.78 is 3.23. The lowest BCUT2D eigenvalue weighted by Crippen LogP contribution is -2.36. The average molecular weight is 322 g/mol. The second kappa shape index (κ2) is 5.71. The van der Waals surface area contributed by atoms with Crippen molar-refractivity contribution in [1.29, 1.82) is 0 Å². The van der Waals surface area contributed by atoms with Gasteiger partial charge in [-0.2, -0.15) is 0 Å². The van der Waals surface area contributed by atoms with Gasteiger partial charge in [0, 0.05) is 36.3 Å². The summed E-state index contributed by atoms with van der Waals surface area (Å²) in [6.45, 7) is 4.90. The summed E-state index contributed by atoms with van der Waals surface area (Å²) >= 11 is 3.44. The summed E-state index contributed by atoms with van der Waals surface area (Å²) in [5, 5.41) is 11.5. The van der Waals surface area contributed by atoms with Crippen LogP contribution < -0.4 is 5.32 Å². The molecule has 1 aliphatic rings. The van der Waals surface area contributed by atoms with Gasteiger partial charge in [0.2, 0.25) is 0 Å². The molecule has 0 unspecified atom stereocenters. The van der Waals surface area contributed by atoms with Gasteiger partial charge in [-0.25, -0.2) is 0 Å². The minimum atomic E-state index is 0.891. The number of benzene rings is 1. The van der Waals surface area contributed by atoms with Gasteiger partial charge in [0.25, 0.3) is 0 Å². The minimum Gasteiger partial charge on any atom is -0.384 e. The molecule has 1 aliphatic heterocycles. The zero-order chi connectivity index (χ0) is 13.1. The van der Waals surface area contributed by atoms with Crippen LogP contribution in [0.4, 0.5) is 5.69 Å². The fourth-order valence-corrected chi connectivity index (χ4v) is 2.50. The molecular weight excluding hydrogens is 306 g/mol. The molecular formula is C13H16BrN5. The van der Waals surface area contributed by atoms with Crippen LogP contribution in [0, 0.1) is 0 Å². The molecule has 1 aromatic heterocycles. The molecule has 0 spiro atoms. The van der Waals surface area contributed by atoms with Gasteiger partial charge in [-0.1, -0.05) is 15.9 Å². The lowest BCUT2D eigenvalue weighted by Gasteiger charge is -2.26. The molecule has 0 atom stereocenters. The van der Waals surface area contributed by atoms with Crippen molar-refractivity contribution in [3.63, 3.8) is 0 Å². The molecule has 1 aromatic carbocycles. The van der Waals surface area contributed by atoms with Gasteiger partial charge in [-0.05, 0) is 24.3 Å². The number of hydrogen-bond acceptors (Lipinski definition) is 4. The summed E-state index contributed by atoms with van der Waals surface area (Å²) in [4.78, 5) is 2.40. The van der Waals surface area contributed by atoms with Crippen LogP contribution in [-0.2, 0) is 13.1 Å². The number of hydrogen-bond donors (Lipinski definition) is 1. The van der Waals surface area contributed by atoms with Crippen molar-refractivity contribution in [2.75, 3.05) is 25.0 Å². The SMILES string of the molecule is Brc1ccc(NCCN2CCn3cnnc3C2)cc1. The minimum absolute atomic E-state index is 0.891. The molecule has 2 heterocycles. The van der Waals surface area contributed by atoms with Gasteiger partial charge in [-0.15, -0.1) is 10.2 Å². The van der Waals surface area contributed by atoms with Gasteiger partial charge in [-0.3, -0.25) is 4.90 Å². The van der Waals surface area contributed by atoms with Crippen molar-refractivity contribution in [2.24, 2.45) is 0 Å². The number of nitrogens with one attached hydrogen (secondary N) is 1. The third kappa shape index (κ3) is 3.13. The zero-order valence-electron chi connectivity index (χ0n) is 10.6. The molecule has 0 fully saturated rings. The van der Waals surface area contributed by atoms with Gasteiger partial charge in [0.15, 0.2) is 0 Å². The average Bonchev–Trinajstić information content (AvgIpc) is 2.88. The van der Waals surface area contributed by atoms with E-state index in [0.717, 1.165) is 48.7 Å². The smallest absolute Gasteiger partial charge is 0.147 e. The molecule has 0 bridgehead atoms. The predicted molar refractivity (Wildman–Crippen MR) is 77.9 cm³/mol. The van der Waals surface area contributed by atoms with Crippen LogP contribution in [0.5, 0.6) is 0 Å². The Balaban J connectivity index is 1.47. The van der Waals surface area contributed by atoms with Crippen LogP contribution in [0.3, 0.4) is 0 Å². The molecule has 0 radical (unpaired) electrons. The van der Waals surface area contributed by atoms with E-state index in [1.54, 1.807) is 0 Å². The van der Waals surface area contributed by atoms with E-state index in [1.165, 1.54) is 0 Å². The third-order valence-electron chi connectivity index (χ3n) is 3.32. The van der Waals surface area contributed by atoms with E-state index in [1.807, 2.05) is 18.5 Å². The molecule has 0 saturated heterocycles. The number of rotatable bonds is 4. The van der Waals surface area contributed by atoms with Crippen molar-refractivity contribution in [3.8, 4) is 0 Å². The summed E-state index contributed by atoms with van der Waals surface area (Å²) in [6, 6.07) is 8.26. The maximum absolute atomic E-state index is 4.13. The first kappa shape index (κ1) is 12.6. The molecule has 0 saturated carbocycles. The Kier molecular flexibility index (Phi) is 3.79. The molecule has 19 heavy (non-hydrogen) atoms. The molecule has 0 amide bonds. The van der Waals surface area contributed by atoms with Crippen molar-refractivity contribution >= 4 is 21.6 Å². The predicted octanol–water partition coefficient (Wildman–Crippen LogP) is 1.97. The number of anilines is 1. The Morgan fingerprint density at radius 3 is 2.89 bits per heavy atom. The topological polar surface area (TPSA) is 46.0 Å². The van der Waals surface area contributed by atoms with Gasteiger partial charge in [0.05, 0.1) is 6.54 Å². The number of halogens is 1. The number of fused-ring (bicyclic) bond motifs is 1. The Labute approximate surface area is 120 Å². The summed E-state index contributed by atoms with van der Waals surface area (Å²) in [5.41, 5.74) is 1.16. The van der Waals surface area contributed by atoms with Crippen molar-refractivity contribution < 1.29 is 0 Å². The second-order valence-corrected chi connectivity index (χ2v) is 5.57. The number of aromatic nitrogens is 3. The fraction of sp³-hybridized carbons (Fsp3) is 0.385. The first-order valence-electron chi connectivity index (χ1n) is 6.40. The summed E-state index contributed by atoms with van der Waals surface area (Å²) in [5.74, 6) is 1.06. The highest BCUT2D eigenvalue weighted by atomic mass is 79.9. The van der Waals surface area contributed by atoms with E-state index in [0.29, 0.717) is 0 Å². The lowest BCUT2D eigenvalue weighted by atomic mass is 10.3. The van der Waals surface area contributed by atoms with Crippen molar-refractivity contribution in [2.45, 2.75) is 13.1 Å². The van der Waals surface area contributed by atoms with Gasteiger partial charge in [0.1, 0.15) is 12.2 Å². The van der Waals surface area contributed by atoms with Crippen LogP contribution in [0.1, 0.15) is 5.82 Å².